The molecule has 25 heavy (non-hydrogen) atoms. The number of ether oxygens (including phenoxy) is 1. The van der Waals surface area contributed by atoms with Crippen LogP contribution in [0.15, 0.2) is 24.3 Å². The first-order valence-electron chi connectivity index (χ1n) is 8.84. The van der Waals surface area contributed by atoms with E-state index in [0.717, 1.165) is 19.5 Å². The molecule has 6 heteroatoms. The quantitative estimate of drug-likeness (QED) is 0.831. The van der Waals surface area contributed by atoms with Crippen molar-refractivity contribution in [2.45, 2.75) is 18.9 Å². The highest BCUT2D eigenvalue weighted by Gasteiger charge is 2.46. The predicted molar refractivity (Wildman–Crippen MR) is 89.6 cm³/mol. The van der Waals surface area contributed by atoms with Crippen LogP contribution in [0.25, 0.3) is 0 Å². The molecule has 2 amide bonds. The molecule has 1 aromatic carbocycles. The highest BCUT2D eigenvalue weighted by Crippen LogP contribution is 2.35. The van der Waals surface area contributed by atoms with Gasteiger partial charge >= 0.3 is 0 Å². The summed E-state index contributed by atoms with van der Waals surface area (Å²) in [6, 6.07) is 8.89. The first-order chi connectivity index (χ1) is 12.2. The minimum absolute atomic E-state index is 0.0499. The van der Waals surface area contributed by atoms with Gasteiger partial charge in [-0.1, -0.05) is 6.07 Å². The van der Waals surface area contributed by atoms with E-state index in [4.69, 9.17) is 10.00 Å². The fourth-order valence-corrected chi connectivity index (χ4v) is 4.24. The molecule has 1 aromatic rings. The molecule has 0 unspecified atom stereocenters. The summed E-state index contributed by atoms with van der Waals surface area (Å²) in [5.41, 5.74) is 1.04. The summed E-state index contributed by atoms with van der Waals surface area (Å²) < 4.78 is 5.91. The van der Waals surface area contributed by atoms with Crippen LogP contribution in [-0.2, 0) is 9.53 Å². The first kappa shape index (κ1) is 16.1. The van der Waals surface area contributed by atoms with Crippen molar-refractivity contribution >= 4 is 11.8 Å². The predicted octanol–water partition coefficient (Wildman–Crippen LogP) is 1.27. The maximum atomic E-state index is 12.7. The Morgan fingerprint density at radius 2 is 2.24 bits per heavy atom. The number of nitrogens with zero attached hydrogens (tertiary/aromatic N) is 3. The molecule has 3 atom stereocenters. The van der Waals surface area contributed by atoms with Crippen molar-refractivity contribution in [3.63, 3.8) is 0 Å². The van der Waals surface area contributed by atoms with Gasteiger partial charge in [-0.25, -0.2) is 0 Å². The smallest absolute Gasteiger partial charge is 0.253 e. The van der Waals surface area contributed by atoms with Gasteiger partial charge in [0, 0.05) is 50.0 Å². The van der Waals surface area contributed by atoms with Crippen LogP contribution in [0.2, 0.25) is 0 Å². The minimum atomic E-state index is -0.0499. The van der Waals surface area contributed by atoms with Crippen molar-refractivity contribution in [2.24, 2.45) is 11.8 Å². The molecule has 4 rings (SSSR count). The van der Waals surface area contributed by atoms with E-state index >= 15 is 0 Å². The number of fused-ring (bicyclic) bond motifs is 1. The molecule has 3 aliphatic heterocycles. The second-order valence-corrected chi connectivity index (χ2v) is 7.14. The van der Waals surface area contributed by atoms with E-state index < -0.39 is 0 Å². The molecule has 0 saturated carbocycles. The molecule has 3 heterocycles. The lowest BCUT2D eigenvalue weighted by Crippen LogP contribution is -2.36. The molecule has 3 aliphatic rings. The fourth-order valence-electron chi connectivity index (χ4n) is 4.24. The molecular formula is C19H21N3O3. The molecule has 3 fully saturated rings. The number of rotatable bonds is 3. The van der Waals surface area contributed by atoms with Gasteiger partial charge in [-0.15, -0.1) is 0 Å². The Bertz CT molecular complexity index is 742. The molecule has 0 N–H and O–H groups in total. The number of hydrogen-bond donors (Lipinski definition) is 0. The highest BCUT2D eigenvalue weighted by molar-refractivity contribution is 5.94. The SMILES string of the molecule is N#Cc1cccc(C(=O)N2C[C@@H]3[C@H](CN4CCCC4=O)CO[C@@H]3C2)c1. The monoisotopic (exact) mass is 339 g/mol. The summed E-state index contributed by atoms with van der Waals surface area (Å²) in [6.45, 7) is 3.50. The maximum Gasteiger partial charge on any atom is 0.253 e. The van der Waals surface area contributed by atoms with Crippen LogP contribution in [0.5, 0.6) is 0 Å². The van der Waals surface area contributed by atoms with E-state index in [9.17, 15) is 9.59 Å². The molecule has 0 spiro atoms. The van der Waals surface area contributed by atoms with Gasteiger partial charge in [0.2, 0.25) is 5.91 Å². The zero-order chi connectivity index (χ0) is 17.4. The van der Waals surface area contributed by atoms with Crippen LogP contribution in [0.3, 0.4) is 0 Å². The number of amides is 2. The average molecular weight is 339 g/mol. The van der Waals surface area contributed by atoms with Crippen molar-refractivity contribution in [1.82, 2.24) is 9.80 Å². The topological polar surface area (TPSA) is 73.6 Å². The summed E-state index contributed by atoms with van der Waals surface area (Å²) in [6.07, 6.45) is 1.66. The van der Waals surface area contributed by atoms with Gasteiger partial charge in [-0.2, -0.15) is 5.26 Å². The minimum Gasteiger partial charge on any atom is -0.376 e. The van der Waals surface area contributed by atoms with E-state index in [0.29, 0.717) is 43.2 Å². The van der Waals surface area contributed by atoms with Gasteiger partial charge in [-0.05, 0) is 24.6 Å². The Morgan fingerprint density at radius 1 is 1.36 bits per heavy atom. The largest absolute Gasteiger partial charge is 0.376 e. The van der Waals surface area contributed by atoms with Crippen LogP contribution in [0.4, 0.5) is 0 Å². The van der Waals surface area contributed by atoms with Crippen LogP contribution in [-0.4, -0.2) is 60.5 Å². The lowest BCUT2D eigenvalue weighted by molar-refractivity contribution is -0.128. The number of carbonyl (C=O) groups excluding carboxylic acids is 2. The summed E-state index contributed by atoms with van der Waals surface area (Å²) in [4.78, 5) is 28.4. The fraction of sp³-hybridized carbons (Fsp3) is 0.526. The van der Waals surface area contributed by atoms with E-state index in [-0.39, 0.29) is 23.8 Å². The standard InChI is InChI=1S/C19H21N3O3/c20-8-13-3-1-4-14(7-13)19(24)22-10-16-15(12-25-17(16)11-22)9-21-6-2-5-18(21)23/h1,3-4,7,15-17H,2,5-6,9-12H2/t15-,16-,17-/m1/s1. The Labute approximate surface area is 147 Å². The number of nitriles is 1. The third-order valence-electron chi connectivity index (χ3n) is 5.59. The lowest BCUT2D eigenvalue weighted by Gasteiger charge is -2.24. The molecule has 6 nitrogen and oxygen atoms in total. The van der Waals surface area contributed by atoms with Crippen molar-refractivity contribution < 1.29 is 14.3 Å². The summed E-state index contributed by atoms with van der Waals surface area (Å²) in [5.74, 6) is 0.778. The van der Waals surface area contributed by atoms with Gasteiger partial charge in [-0.3, -0.25) is 9.59 Å². The molecule has 130 valence electrons. The van der Waals surface area contributed by atoms with Gasteiger partial charge in [0.1, 0.15) is 0 Å². The molecule has 0 aliphatic carbocycles. The summed E-state index contributed by atoms with van der Waals surface area (Å²) in [5, 5.41) is 9.01. The first-order valence-corrected chi connectivity index (χ1v) is 8.84. The van der Waals surface area contributed by atoms with Crippen LogP contribution >= 0.6 is 0 Å². The van der Waals surface area contributed by atoms with Crippen LogP contribution in [0.1, 0.15) is 28.8 Å². The van der Waals surface area contributed by atoms with E-state index in [2.05, 4.69) is 6.07 Å². The van der Waals surface area contributed by atoms with Crippen molar-refractivity contribution in [1.29, 1.82) is 5.26 Å². The molecule has 0 bridgehead atoms. The maximum absolute atomic E-state index is 12.7. The molecule has 0 aromatic heterocycles. The van der Waals surface area contributed by atoms with Crippen molar-refractivity contribution in [3.05, 3.63) is 35.4 Å². The second kappa shape index (κ2) is 6.49. The van der Waals surface area contributed by atoms with Crippen molar-refractivity contribution in [3.8, 4) is 6.07 Å². The van der Waals surface area contributed by atoms with Gasteiger partial charge in [0.05, 0.1) is 24.3 Å². The molecular weight excluding hydrogens is 318 g/mol. The Hall–Kier alpha value is -2.39. The average Bonchev–Trinajstić information content (AvgIpc) is 3.32. The Balaban J connectivity index is 1.43. The Kier molecular flexibility index (Phi) is 4.18. The highest BCUT2D eigenvalue weighted by atomic mass is 16.5. The van der Waals surface area contributed by atoms with Crippen molar-refractivity contribution in [2.75, 3.05) is 32.8 Å². The third-order valence-corrected chi connectivity index (χ3v) is 5.59. The Morgan fingerprint density at radius 3 is 3.00 bits per heavy atom. The molecule has 3 saturated heterocycles. The van der Waals surface area contributed by atoms with E-state index in [1.54, 1.807) is 24.3 Å². The van der Waals surface area contributed by atoms with Gasteiger partial charge in [0.25, 0.3) is 5.91 Å². The number of likely N-dealkylation sites (tertiary alicyclic amines) is 2. The zero-order valence-corrected chi connectivity index (χ0v) is 14.1. The van der Waals surface area contributed by atoms with E-state index in [1.807, 2.05) is 9.80 Å². The number of carbonyl (C=O) groups is 2. The van der Waals surface area contributed by atoms with Crippen LogP contribution < -0.4 is 0 Å². The molecule has 0 radical (unpaired) electrons. The second-order valence-electron chi connectivity index (χ2n) is 7.14. The lowest BCUT2D eigenvalue weighted by atomic mass is 9.93. The number of benzene rings is 1. The normalized spacial score (nSPS) is 28.3. The van der Waals surface area contributed by atoms with E-state index in [1.165, 1.54) is 0 Å². The zero-order valence-electron chi connectivity index (χ0n) is 14.1. The van der Waals surface area contributed by atoms with Gasteiger partial charge in [0.15, 0.2) is 0 Å². The summed E-state index contributed by atoms with van der Waals surface area (Å²) in [7, 11) is 0. The number of hydrogen-bond acceptors (Lipinski definition) is 4. The summed E-state index contributed by atoms with van der Waals surface area (Å²) >= 11 is 0. The third kappa shape index (κ3) is 3.00. The van der Waals surface area contributed by atoms with Crippen LogP contribution in [0, 0.1) is 23.2 Å². The van der Waals surface area contributed by atoms with Gasteiger partial charge < -0.3 is 14.5 Å².